The molecular formula is C12H16NO. The molecule has 0 aromatic heterocycles. The highest BCUT2D eigenvalue weighted by Gasteiger charge is 2.23. The van der Waals surface area contributed by atoms with Crippen molar-refractivity contribution in [2.75, 3.05) is 25.2 Å². The normalized spacial score (nSPS) is 21.5. The summed E-state index contributed by atoms with van der Waals surface area (Å²) in [7, 11) is 1.77. The summed E-state index contributed by atoms with van der Waals surface area (Å²) in [5.74, 6) is 0. The maximum absolute atomic E-state index is 5.23. The van der Waals surface area contributed by atoms with Crippen molar-refractivity contribution in [3.8, 4) is 0 Å². The number of methoxy groups -OCH3 is 1. The molecule has 14 heavy (non-hydrogen) atoms. The SMILES string of the molecule is COCC1CCCN1c1cc[c]cc1. The lowest BCUT2D eigenvalue weighted by Gasteiger charge is -2.26. The van der Waals surface area contributed by atoms with Crippen LogP contribution in [0.5, 0.6) is 0 Å². The van der Waals surface area contributed by atoms with Crippen LogP contribution in [-0.2, 0) is 4.74 Å². The van der Waals surface area contributed by atoms with Crippen LogP contribution in [0.25, 0.3) is 0 Å². The fourth-order valence-corrected chi connectivity index (χ4v) is 2.11. The molecule has 1 aliphatic heterocycles. The van der Waals surface area contributed by atoms with Gasteiger partial charge in [-0.25, -0.2) is 0 Å². The van der Waals surface area contributed by atoms with Crippen molar-refractivity contribution in [3.63, 3.8) is 0 Å². The largest absolute Gasteiger partial charge is 0.383 e. The van der Waals surface area contributed by atoms with Gasteiger partial charge in [-0.15, -0.1) is 0 Å². The second-order valence-electron chi connectivity index (χ2n) is 3.70. The molecule has 1 aliphatic rings. The standard InChI is InChI=1S/C12H16NO/c1-14-10-12-8-5-9-13(12)11-6-3-2-4-7-11/h3-4,6-7,12H,5,8-10H2,1H3. The molecule has 1 saturated heterocycles. The first-order chi connectivity index (χ1) is 6.92. The van der Waals surface area contributed by atoms with Crippen molar-refractivity contribution in [3.05, 3.63) is 30.3 Å². The van der Waals surface area contributed by atoms with Gasteiger partial charge in [0.1, 0.15) is 0 Å². The first-order valence-electron chi connectivity index (χ1n) is 5.13. The summed E-state index contributed by atoms with van der Waals surface area (Å²) in [6.07, 6.45) is 2.51. The van der Waals surface area contributed by atoms with E-state index >= 15 is 0 Å². The lowest BCUT2D eigenvalue weighted by molar-refractivity contribution is 0.181. The molecule has 1 aromatic rings. The Balaban J connectivity index is 2.10. The molecule has 1 fully saturated rings. The van der Waals surface area contributed by atoms with E-state index in [1.807, 2.05) is 12.1 Å². The van der Waals surface area contributed by atoms with E-state index in [0.717, 1.165) is 13.2 Å². The molecule has 0 bridgehead atoms. The van der Waals surface area contributed by atoms with E-state index in [-0.39, 0.29) is 0 Å². The lowest BCUT2D eigenvalue weighted by atomic mass is 10.2. The average Bonchev–Trinajstić information content (AvgIpc) is 2.68. The lowest BCUT2D eigenvalue weighted by Crippen LogP contribution is -2.32. The second kappa shape index (κ2) is 4.47. The molecule has 1 radical (unpaired) electrons. The third-order valence-corrected chi connectivity index (χ3v) is 2.77. The molecule has 1 atom stereocenters. The third-order valence-electron chi connectivity index (χ3n) is 2.77. The number of nitrogens with zero attached hydrogens (tertiary/aromatic N) is 1. The Morgan fingerprint density at radius 2 is 2.29 bits per heavy atom. The molecule has 75 valence electrons. The van der Waals surface area contributed by atoms with E-state index in [0.29, 0.717) is 6.04 Å². The van der Waals surface area contributed by atoms with Gasteiger partial charge in [-0.3, -0.25) is 0 Å². The van der Waals surface area contributed by atoms with E-state index in [1.54, 1.807) is 7.11 Å². The van der Waals surface area contributed by atoms with Crippen LogP contribution >= 0.6 is 0 Å². The minimum Gasteiger partial charge on any atom is -0.383 e. The van der Waals surface area contributed by atoms with Gasteiger partial charge in [-0.1, -0.05) is 12.1 Å². The molecule has 2 rings (SSSR count). The summed E-state index contributed by atoms with van der Waals surface area (Å²) in [6.45, 7) is 1.98. The van der Waals surface area contributed by atoms with E-state index < -0.39 is 0 Å². The predicted molar refractivity (Wildman–Crippen MR) is 57.5 cm³/mol. The number of anilines is 1. The Morgan fingerprint density at radius 1 is 1.50 bits per heavy atom. The zero-order valence-electron chi connectivity index (χ0n) is 8.57. The zero-order valence-corrected chi connectivity index (χ0v) is 8.57. The maximum atomic E-state index is 5.23. The van der Waals surface area contributed by atoms with E-state index in [2.05, 4.69) is 23.1 Å². The monoisotopic (exact) mass is 190 g/mol. The third kappa shape index (κ3) is 1.90. The van der Waals surface area contributed by atoms with Crippen molar-refractivity contribution < 1.29 is 4.74 Å². The van der Waals surface area contributed by atoms with Gasteiger partial charge in [0.2, 0.25) is 0 Å². The highest BCUT2D eigenvalue weighted by molar-refractivity contribution is 5.47. The van der Waals surface area contributed by atoms with Gasteiger partial charge in [-0.2, -0.15) is 0 Å². The van der Waals surface area contributed by atoms with Crippen LogP contribution in [0.2, 0.25) is 0 Å². The Labute approximate surface area is 85.5 Å². The number of hydrogen-bond donors (Lipinski definition) is 0. The van der Waals surface area contributed by atoms with Gasteiger partial charge in [-0.05, 0) is 31.0 Å². The van der Waals surface area contributed by atoms with Gasteiger partial charge in [0, 0.05) is 19.3 Å². The van der Waals surface area contributed by atoms with Crippen LogP contribution in [0, 0.1) is 6.07 Å². The molecule has 0 saturated carbocycles. The highest BCUT2D eigenvalue weighted by Crippen LogP contribution is 2.24. The van der Waals surface area contributed by atoms with Crippen molar-refractivity contribution >= 4 is 5.69 Å². The van der Waals surface area contributed by atoms with Crippen molar-refractivity contribution in [2.24, 2.45) is 0 Å². The van der Waals surface area contributed by atoms with E-state index in [9.17, 15) is 0 Å². The van der Waals surface area contributed by atoms with Crippen molar-refractivity contribution in [1.29, 1.82) is 0 Å². The van der Waals surface area contributed by atoms with Gasteiger partial charge < -0.3 is 9.64 Å². The van der Waals surface area contributed by atoms with Gasteiger partial charge in [0.15, 0.2) is 0 Å². The summed E-state index contributed by atoms with van der Waals surface area (Å²) < 4.78 is 5.23. The average molecular weight is 190 g/mol. The predicted octanol–water partition coefficient (Wildman–Crippen LogP) is 2.10. The molecule has 0 spiro atoms. The molecule has 1 heterocycles. The summed E-state index contributed by atoms with van der Waals surface area (Å²) in [6, 6.07) is 11.8. The number of benzene rings is 1. The fraction of sp³-hybridized carbons (Fsp3) is 0.500. The first-order valence-corrected chi connectivity index (χ1v) is 5.13. The molecule has 0 amide bonds. The fourth-order valence-electron chi connectivity index (χ4n) is 2.11. The smallest absolute Gasteiger partial charge is 0.0666 e. The summed E-state index contributed by atoms with van der Waals surface area (Å²) in [5, 5.41) is 0. The highest BCUT2D eigenvalue weighted by atomic mass is 16.5. The quantitative estimate of drug-likeness (QED) is 0.723. The van der Waals surface area contributed by atoms with Crippen LogP contribution in [0.4, 0.5) is 5.69 Å². The minimum absolute atomic E-state index is 0.558. The summed E-state index contributed by atoms with van der Waals surface area (Å²) >= 11 is 0. The van der Waals surface area contributed by atoms with Crippen LogP contribution in [0.15, 0.2) is 24.3 Å². The molecular weight excluding hydrogens is 174 g/mol. The van der Waals surface area contributed by atoms with Gasteiger partial charge in [0.05, 0.1) is 12.6 Å². The van der Waals surface area contributed by atoms with Gasteiger partial charge in [0.25, 0.3) is 0 Å². The molecule has 0 N–H and O–H groups in total. The summed E-state index contributed by atoms with van der Waals surface area (Å²) in [5.41, 5.74) is 1.29. The first kappa shape index (κ1) is 9.53. The van der Waals surface area contributed by atoms with E-state index in [1.165, 1.54) is 18.5 Å². The Hall–Kier alpha value is -1.02. The van der Waals surface area contributed by atoms with Crippen molar-refractivity contribution in [1.82, 2.24) is 0 Å². The molecule has 1 aromatic carbocycles. The van der Waals surface area contributed by atoms with Crippen LogP contribution in [-0.4, -0.2) is 26.3 Å². The van der Waals surface area contributed by atoms with Crippen LogP contribution in [0.1, 0.15) is 12.8 Å². The second-order valence-corrected chi connectivity index (χ2v) is 3.70. The van der Waals surface area contributed by atoms with Crippen LogP contribution < -0.4 is 4.90 Å². The molecule has 2 nitrogen and oxygen atoms in total. The minimum atomic E-state index is 0.558. The maximum Gasteiger partial charge on any atom is 0.0666 e. The van der Waals surface area contributed by atoms with E-state index in [4.69, 9.17) is 4.74 Å². The molecule has 1 unspecified atom stereocenters. The van der Waals surface area contributed by atoms with Crippen molar-refractivity contribution in [2.45, 2.75) is 18.9 Å². The Bertz CT molecular complexity index is 273. The Kier molecular flexibility index (Phi) is 3.04. The number of ether oxygens (including phenoxy) is 1. The topological polar surface area (TPSA) is 12.5 Å². The van der Waals surface area contributed by atoms with Crippen LogP contribution in [0.3, 0.4) is 0 Å². The number of hydrogen-bond acceptors (Lipinski definition) is 2. The Morgan fingerprint density at radius 3 is 3.00 bits per heavy atom. The van der Waals surface area contributed by atoms with Gasteiger partial charge >= 0.3 is 0 Å². The molecule has 2 heteroatoms. The summed E-state index contributed by atoms with van der Waals surface area (Å²) in [4.78, 5) is 2.43. The number of rotatable bonds is 3. The molecule has 0 aliphatic carbocycles. The zero-order chi connectivity index (χ0) is 9.80.